The molecule has 2 nitrogen and oxygen atoms in total. The molecule has 2 heteroatoms. The molecular formula is C46H75N2+. The van der Waals surface area contributed by atoms with Gasteiger partial charge in [-0.3, -0.25) is 0 Å². The van der Waals surface area contributed by atoms with E-state index in [9.17, 15) is 0 Å². The van der Waals surface area contributed by atoms with Crippen LogP contribution in [0.5, 0.6) is 0 Å². The lowest BCUT2D eigenvalue weighted by Crippen LogP contribution is -2.38. The first-order chi connectivity index (χ1) is 23.7. The Morgan fingerprint density at radius 3 is 1.56 bits per heavy atom. The van der Waals surface area contributed by atoms with Crippen molar-refractivity contribution in [1.82, 2.24) is 4.57 Å². The van der Waals surface area contributed by atoms with E-state index in [1.807, 2.05) is 0 Å². The smallest absolute Gasteiger partial charge is 0.234 e. The van der Waals surface area contributed by atoms with Crippen LogP contribution in [0, 0.1) is 0 Å². The number of aryl methyl sites for hydroxylation is 1. The van der Waals surface area contributed by atoms with E-state index in [2.05, 4.69) is 103 Å². The Morgan fingerprint density at radius 1 is 0.542 bits per heavy atom. The molecule has 0 amide bonds. The fourth-order valence-electron chi connectivity index (χ4n) is 7.68. The lowest BCUT2D eigenvalue weighted by atomic mass is 9.88. The molecule has 2 unspecified atom stereocenters. The van der Waals surface area contributed by atoms with Crippen molar-refractivity contribution in [3.63, 3.8) is 0 Å². The molecule has 0 aliphatic rings. The molecule has 2 aromatic carbocycles. The summed E-state index contributed by atoms with van der Waals surface area (Å²) >= 11 is 0. The second-order valence-corrected chi connectivity index (χ2v) is 15.0. The normalized spacial score (nSPS) is 12.8. The summed E-state index contributed by atoms with van der Waals surface area (Å²) in [5, 5.41) is 0. The molecule has 0 saturated heterocycles. The number of aromatic nitrogens is 2. The Hall–Kier alpha value is -2.35. The van der Waals surface area contributed by atoms with Gasteiger partial charge in [0.1, 0.15) is 12.4 Å². The first-order valence-corrected chi connectivity index (χ1v) is 20.9. The molecule has 0 spiro atoms. The maximum atomic E-state index is 2.65. The van der Waals surface area contributed by atoms with Crippen LogP contribution in [0.25, 0.3) is 0 Å². The van der Waals surface area contributed by atoms with Gasteiger partial charge in [-0.05, 0) is 62.5 Å². The molecule has 48 heavy (non-hydrogen) atoms. The Balaban J connectivity index is 1.49. The molecular weight excluding hydrogens is 581 g/mol. The molecule has 1 heterocycles. The number of imidazole rings is 1. The Bertz CT molecular complexity index is 1130. The van der Waals surface area contributed by atoms with Crippen LogP contribution in [0.15, 0.2) is 73.1 Å². The van der Waals surface area contributed by atoms with Gasteiger partial charge in [-0.15, -0.1) is 0 Å². The maximum absolute atomic E-state index is 2.65. The van der Waals surface area contributed by atoms with E-state index in [0.717, 1.165) is 12.8 Å². The van der Waals surface area contributed by atoms with Crippen LogP contribution >= 0.6 is 0 Å². The predicted octanol–water partition coefficient (Wildman–Crippen LogP) is 13.9. The SMILES string of the molecule is CCCCCCCCCCCCCCCCC[n+]1ccn(C(C)CCCCCCCC)c1CCC(Cc1ccccc1)c1ccccc1. The molecule has 0 radical (unpaired) electrons. The molecule has 0 N–H and O–H groups in total. The first kappa shape index (κ1) is 40.1. The van der Waals surface area contributed by atoms with Crippen LogP contribution in [-0.4, -0.2) is 4.57 Å². The minimum absolute atomic E-state index is 0.532. The molecule has 0 fully saturated rings. The summed E-state index contributed by atoms with van der Waals surface area (Å²) in [5.41, 5.74) is 2.93. The van der Waals surface area contributed by atoms with Crippen LogP contribution in [0.2, 0.25) is 0 Å². The van der Waals surface area contributed by atoms with Gasteiger partial charge in [-0.1, -0.05) is 190 Å². The average Bonchev–Trinajstić information content (AvgIpc) is 3.53. The maximum Gasteiger partial charge on any atom is 0.256 e. The van der Waals surface area contributed by atoms with Gasteiger partial charge >= 0.3 is 0 Å². The number of hydrogen-bond donors (Lipinski definition) is 0. The molecule has 1 aromatic heterocycles. The first-order valence-electron chi connectivity index (χ1n) is 20.9. The van der Waals surface area contributed by atoms with Gasteiger partial charge in [0.05, 0.1) is 12.6 Å². The third-order valence-electron chi connectivity index (χ3n) is 10.8. The highest BCUT2D eigenvalue weighted by atomic mass is 15.2. The monoisotopic (exact) mass is 656 g/mol. The van der Waals surface area contributed by atoms with Gasteiger partial charge in [-0.2, -0.15) is 0 Å². The summed E-state index contributed by atoms with van der Waals surface area (Å²) in [5.74, 6) is 2.08. The van der Waals surface area contributed by atoms with Crippen molar-refractivity contribution in [3.05, 3.63) is 90.0 Å². The summed E-state index contributed by atoms with van der Waals surface area (Å²) in [6, 6.07) is 23.0. The van der Waals surface area contributed by atoms with Crippen molar-refractivity contribution in [2.45, 2.75) is 200 Å². The highest BCUT2D eigenvalue weighted by molar-refractivity contribution is 5.24. The summed E-state index contributed by atoms with van der Waals surface area (Å²) in [6.45, 7) is 8.25. The molecule has 0 bridgehead atoms. The molecule has 0 aliphatic carbocycles. The number of benzene rings is 2. The highest BCUT2D eigenvalue weighted by Gasteiger charge is 2.23. The largest absolute Gasteiger partial charge is 0.256 e. The Morgan fingerprint density at radius 2 is 1.02 bits per heavy atom. The fourth-order valence-corrected chi connectivity index (χ4v) is 7.68. The molecule has 0 saturated carbocycles. The van der Waals surface area contributed by atoms with E-state index >= 15 is 0 Å². The van der Waals surface area contributed by atoms with Gasteiger partial charge in [0.25, 0.3) is 5.82 Å². The zero-order valence-corrected chi connectivity index (χ0v) is 31.9. The topological polar surface area (TPSA) is 8.81 Å². The van der Waals surface area contributed by atoms with Crippen LogP contribution < -0.4 is 4.57 Å². The van der Waals surface area contributed by atoms with Gasteiger partial charge in [0.2, 0.25) is 0 Å². The third kappa shape index (κ3) is 16.8. The molecule has 2 atom stereocenters. The Labute approximate surface area is 298 Å². The van der Waals surface area contributed by atoms with Crippen molar-refractivity contribution in [1.29, 1.82) is 0 Å². The van der Waals surface area contributed by atoms with E-state index in [1.165, 1.54) is 165 Å². The third-order valence-corrected chi connectivity index (χ3v) is 10.8. The summed E-state index contributed by atoms with van der Waals surface area (Å²) in [7, 11) is 0. The number of unbranched alkanes of at least 4 members (excludes halogenated alkanes) is 19. The quantitative estimate of drug-likeness (QED) is 0.0499. The zero-order chi connectivity index (χ0) is 33.9. The van der Waals surface area contributed by atoms with E-state index < -0.39 is 0 Å². The molecule has 3 aromatic rings. The zero-order valence-electron chi connectivity index (χ0n) is 31.9. The van der Waals surface area contributed by atoms with Crippen molar-refractivity contribution >= 4 is 0 Å². The van der Waals surface area contributed by atoms with E-state index in [4.69, 9.17) is 0 Å². The van der Waals surface area contributed by atoms with Crippen LogP contribution in [0.4, 0.5) is 0 Å². The second-order valence-electron chi connectivity index (χ2n) is 15.0. The number of hydrogen-bond acceptors (Lipinski definition) is 0. The van der Waals surface area contributed by atoms with Crippen LogP contribution in [0.3, 0.4) is 0 Å². The van der Waals surface area contributed by atoms with E-state index in [-0.39, 0.29) is 0 Å². The molecule has 3 rings (SSSR count). The average molecular weight is 656 g/mol. The summed E-state index contributed by atoms with van der Waals surface area (Å²) in [6.07, 6.45) is 39.1. The van der Waals surface area contributed by atoms with Gasteiger partial charge in [-0.25, -0.2) is 9.13 Å². The van der Waals surface area contributed by atoms with Gasteiger partial charge in [0.15, 0.2) is 0 Å². The minimum atomic E-state index is 0.532. The Kier molecular flexibility index (Phi) is 22.1. The van der Waals surface area contributed by atoms with E-state index in [1.54, 1.807) is 5.82 Å². The van der Waals surface area contributed by atoms with Crippen molar-refractivity contribution < 1.29 is 4.57 Å². The molecule has 268 valence electrons. The van der Waals surface area contributed by atoms with Crippen molar-refractivity contribution in [3.8, 4) is 0 Å². The lowest BCUT2D eigenvalue weighted by Gasteiger charge is -2.18. The van der Waals surface area contributed by atoms with Crippen molar-refractivity contribution in [2.24, 2.45) is 0 Å². The summed E-state index contributed by atoms with van der Waals surface area (Å²) < 4.78 is 5.28. The van der Waals surface area contributed by atoms with E-state index in [0.29, 0.717) is 12.0 Å². The number of nitrogens with zero attached hydrogens (tertiary/aromatic N) is 2. The van der Waals surface area contributed by atoms with Crippen LogP contribution in [0.1, 0.15) is 197 Å². The molecule has 0 aliphatic heterocycles. The predicted molar refractivity (Wildman–Crippen MR) is 210 cm³/mol. The minimum Gasteiger partial charge on any atom is -0.234 e. The number of rotatable bonds is 30. The van der Waals surface area contributed by atoms with Gasteiger partial charge < -0.3 is 0 Å². The van der Waals surface area contributed by atoms with Gasteiger partial charge in [0, 0.05) is 6.42 Å². The lowest BCUT2D eigenvalue weighted by molar-refractivity contribution is -0.704. The standard InChI is InChI=1S/C46H75N2/c1-4-6-8-10-12-13-14-15-16-17-18-19-20-22-30-38-47-39-40-48(42(3)31-25-21-11-9-7-5-2)46(47)37-36-45(44-34-28-24-29-35-44)41-43-32-26-23-27-33-43/h23-24,26-29,32-35,39-40,42,45H,4-22,25,30-31,36-38,41H2,1-3H3/q+1. The van der Waals surface area contributed by atoms with Crippen molar-refractivity contribution in [2.75, 3.05) is 0 Å². The summed E-state index contributed by atoms with van der Waals surface area (Å²) in [4.78, 5) is 0. The fraction of sp³-hybridized carbons (Fsp3) is 0.674. The van der Waals surface area contributed by atoms with Crippen LogP contribution in [-0.2, 0) is 19.4 Å². The highest BCUT2D eigenvalue weighted by Crippen LogP contribution is 2.27. The second kappa shape index (κ2) is 26.5.